The molecule has 0 aromatic heterocycles. The number of nitrogens with zero attached hydrogens (tertiary/aromatic N) is 1. The number of piperidine rings is 1. The predicted molar refractivity (Wildman–Crippen MR) is 79.8 cm³/mol. The summed E-state index contributed by atoms with van der Waals surface area (Å²) in [5, 5.41) is 10.4. The third kappa shape index (κ3) is 2.48. The first kappa shape index (κ1) is 13.3. The minimum atomic E-state index is -0.452. The fourth-order valence-corrected chi connectivity index (χ4v) is 4.07. The standard InChI is InChI=1S/C16H22ClNO/c1-11(19)13-7-8-16(14(17)10-13)18-9-3-5-12-4-2-6-15(12)18/h7-8,10-12,15,19H,2-6,9H2,1H3/t11-,12?,15?/m1/s1. The van der Waals surface area contributed by atoms with Crippen LogP contribution in [0.15, 0.2) is 18.2 Å². The number of rotatable bonds is 2. The minimum absolute atomic E-state index is 0.452. The van der Waals surface area contributed by atoms with E-state index in [1.54, 1.807) is 6.92 Å². The van der Waals surface area contributed by atoms with E-state index in [0.29, 0.717) is 6.04 Å². The monoisotopic (exact) mass is 279 g/mol. The second-order valence-electron chi connectivity index (χ2n) is 5.98. The minimum Gasteiger partial charge on any atom is -0.389 e. The van der Waals surface area contributed by atoms with Crippen molar-refractivity contribution in [2.75, 3.05) is 11.4 Å². The lowest BCUT2D eigenvalue weighted by Crippen LogP contribution is -2.42. The highest BCUT2D eigenvalue weighted by Gasteiger charge is 2.35. The van der Waals surface area contributed by atoms with Crippen LogP contribution in [0.25, 0.3) is 0 Å². The van der Waals surface area contributed by atoms with Gasteiger partial charge < -0.3 is 10.0 Å². The van der Waals surface area contributed by atoms with Crippen LogP contribution in [0.4, 0.5) is 5.69 Å². The van der Waals surface area contributed by atoms with Gasteiger partial charge in [-0.25, -0.2) is 0 Å². The van der Waals surface area contributed by atoms with Crippen LogP contribution >= 0.6 is 11.6 Å². The average Bonchev–Trinajstić information content (AvgIpc) is 2.86. The van der Waals surface area contributed by atoms with Crippen LogP contribution in [0.3, 0.4) is 0 Å². The topological polar surface area (TPSA) is 23.5 Å². The van der Waals surface area contributed by atoms with Gasteiger partial charge in [-0.15, -0.1) is 0 Å². The lowest BCUT2D eigenvalue weighted by atomic mass is 9.91. The summed E-state index contributed by atoms with van der Waals surface area (Å²) >= 11 is 6.44. The number of fused-ring (bicyclic) bond motifs is 1. The molecule has 0 radical (unpaired) electrons. The van der Waals surface area contributed by atoms with E-state index in [2.05, 4.69) is 11.0 Å². The molecule has 104 valence electrons. The Kier molecular flexibility index (Phi) is 3.72. The quantitative estimate of drug-likeness (QED) is 0.879. The van der Waals surface area contributed by atoms with Gasteiger partial charge in [0.05, 0.1) is 16.8 Å². The van der Waals surface area contributed by atoms with Crippen molar-refractivity contribution in [3.8, 4) is 0 Å². The highest BCUT2D eigenvalue weighted by Crippen LogP contribution is 2.41. The molecular weight excluding hydrogens is 258 g/mol. The van der Waals surface area contributed by atoms with Crippen molar-refractivity contribution in [3.05, 3.63) is 28.8 Å². The number of hydrogen-bond acceptors (Lipinski definition) is 2. The normalized spacial score (nSPS) is 28.3. The Labute approximate surface area is 120 Å². The molecule has 1 saturated heterocycles. The first-order valence-corrected chi connectivity index (χ1v) is 7.79. The van der Waals surface area contributed by atoms with E-state index >= 15 is 0 Å². The smallest absolute Gasteiger partial charge is 0.0762 e. The zero-order valence-corrected chi connectivity index (χ0v) is 12.2. The number of anilines is 1. The van der Waals surface area contributed by atoms with Crippen molar-refractivity contribution in [1.29, 1.82) is 0 Å². The van der Waals surface area contributed by atoms with Crippen LogP contribution in [0.5, 0.6) is 0 Å². The predicted octanol–water partition coefficient (Wildman–Crippen LogP) is 4.16. The molecular formula is C16H22ClNO. The third-order valence-electron chi connectivity index (χ3n) is 4.76. The van der Waals surface area contributed by atoms with E-state index in [4.69, 9.17) is 11.6 Å². The van der Waals surface area contributed by atoms with E-state index in [1.807, 2.05) is 12.1 Å². The number of aliphatic hydroxyl groups is 1. The van der Waals surface area contributed by atoms with Gasteiger partial charge >= 0.3 is 0 Å². The summed E-state index contributed by atoms with van der Waals surface area (Å²) in [5.74, 6) is 0.862. The van der Waals surface area contributed by atoms with E-state index in [0.717, 1.165) is 28.7 Å². The molecule has 0 spiro atoms. The highest BCUT2D eigenvalue weighted by molar-refractivity contribution is 6.33. The van der Waals surface area contributed by atoms with E-state index < -0.39 is 6.10 Å². The molecule has 1 aromatic carbocycles. The Morgan fingerprint density at radius 1 is 1.26 bits per heavy atom. The molecule has 2 aliphatic rings. The molecule has 2 fully saturated rings. The van der Waals surface area contributed by atoms with Gasteiger partial charge in [0.15, 0.2) is 0 Å². The van der Waals surface area contributed by atoms with Gasteiger partial charge in [-0.1, -0.05) is 24.1 Å². The van der Waals surface area contributed by atoms with Crippen molar-refractivity contribution in [1.82, 2.24) is 0 Å². The molecule has 1 N–H and O–H groups in total. The molecule has 0 bridgehead atoms. The Bertz CT molecular complexity index is 460. The summed E-state index contributed by atoms with van der Waals surface area (Å²) in [6.07, 6.45) is 6.24. The molecule has 3 rings (SSSR count). The summed E-state index contributed by atoms with van der Waals surface area (Å²) in [7, 11) is 0. The van der Waals surface area contributed by atoms with E-state index in [1.165, 1.54) is 32.1 Å². The summed E-state index contributed by atoms with van der Waals surface area (Å²) < 4.78 is 0. The summed E-state index contributed by atoms with van der Waals surface area (Å²) in [6.45, 7) is 2.90. The fourth-order valence-electron chi connectivity index (χ4n) is 3.77. The van der Waals surface area contributed by atoms with Crippen LogP contribution in [-0.2, 0) is 0 Å². The largest absolute Gasteiger partial charge is 0.389 e. The SMILES string of the molecule is C[C@@H](O)c1ccc(N2CCCC3CCCC32)c(Cl)c1. The van der Waals surface area contributed by atoms with Crippen molar-refractivity contribution in [3.63, 3.8) is 0 Å². The molecule has 0 amide bonds. The van der Waals surface area contributed by atoms with Crippen LogP contribution in [0.2, 0.25) is 5.02 Å². The summed E-state index contributed by atoms with van der Waals surface area (Å²) in [6, 6.07) is 6.69. The Hall–Kier alpha value is -0.730. The van der Waals surface area contributed by atoms with Gasteiger partial charge in [-0.3, -0.25) is 0 Å². The molecule has 19 heavy (non-hydrogen) atoms. The molecule has 1 aliphatic carbocycles. The fraction of sp³-hybridized carbons (Fsp3) is 0.625. The van der Waals surface area contributed by atoms with Crippen LogP contribution in [0.1, 0.15) is 50.7 Å². The van der Waals surface area contributed by atoms with E-state index in [-0.39, 0.29) is 0 Å². The molecule has 3 heteroatoms. The highest BCUT2D eigenvalue weighted by atomic mass is 35.5. The first-order chi connectivity index (χ1) is 9.16. The maximum Gasteiger partial charge on any atom is 0.0762 e. The van der Waals surface area contributed by atoms with Crippen molar-refractivity contribution in [2.45, 2.75) is 51.2 Å². The second-order valence-corrected chi connectivity index (χ2v) is 6.39. The summed E-state index contributed by atoms with van der Waals surface area (Å²) in [4.78, 5) is 2.51. The molecule has 2 nitrogen and oxygen atoms in total. The summed E-state index contributed by atoms with van der Waals surface area (Å²) in [5.41, 5.74) is 2.05. The van der Waals surface area contributed by atoms with Gasteiger partial charge in [-0.05, 0) is 56.2 Å². The lowest BCUT2D eigenvalue weighted by molar-refractivity contribution is 0.199. The second kappa shape index (κ2) is 5.34. The number of aliphatic hydroxyl groups excluding tert-OH is 1. The van der Waals surface area contributed by atoms with E-state index in [9.17, 15) is 5.11 Å². The Morgan fingerprint density at radius 3 is 2.79 bits per heavy atom. The van der Waals surface area contributed by atoms with Gasteiger partial charge in [0.2, 0.25) is 0 Å². The zero-order valence-electron chi connectivity index (χ0n) is 11.5. The van der Waals surface area contributed by atoms with Crippen molar-refractivity contribution in [2.24, 2.45) is 5.92 Å². The maximum atomic E-state index is 9.63. The zero-order chi connectivity index (χ0) is 13.4. The van der Waals surface area contributed by atoms with Crippen molar-refractivity contribution < 1.29 is 5.11 Å². The van der Waals surface area contributed by atoms with Gasteiger partial charge in [0.25, 0.3) is 0 Å². The van der Waals surface area contributed by atoms with Gasteiger partial charge in [0, 0.05) is 12.6 Å². The van der Waals surface area contributed by atoms with Crippen LogP contribution in [0, 0.1) is 5.92 Å². The number of hydrogen-bond donors (Lipinski definition) is 1. The Morgan fingerprint density at radius 2 is 2.05 bits per heavy atom. The molecule has 1 heterocycles. The van der Waals surface area contributed by atoms with Gasteiger partial charge in [0.1, 0.15) is 0 Å². The molecule has 1 aromatic rings. The number of halogens is 1. The molecule has 2 unspecified atom stereocenters. The van der Waals surface area contributed by atoms with Crippen molar-refractivity contribution >= 4 is 17.3 Å². The van der Waals surface area contributed by atoms with Gasteiger partial charge in [-0.2, -0.15) is 0 Å². The van der Waals surface area contributed by atoms with Crippen LogP contribution < -0.4 is 4.90 Å². The molecule has 1 aliphatic heterocycles. The molecule has 1 saturated carbocycles. The van der Waals surface area contributed by atoms with Crippen LogP contribution in [-0.4, -0.2) is 17.7 Å². The third-order valence-corrected chi connectivity index (χ3v) is 5.06. The maximum absolute atomic E-state index is 9.63. The number of benzene rings is 1. The Balaban J connectivity index is 1.88. The molecule has 3 atom stereocenters. The first-order valence-electron chi connectivity index (χ1n) is 7.41. The lowest BCUT2D eigenvalue weighted by Gasteiger charge is -2.40. The average molecular weight is 280 g/mol.